The maximum atomic E-state index is 12.9. The van der Waals surface area contributed by atoms with E-state index in [4.69, 9.17) is 0 Å². The van der Waals surface area contributed by atoms with Gasteiger partial charge in [-0.3, -0.25) is 9.69 Å². The number of likely N-dealkylation sites (tertiary alicyclic amines) is 1. The lowest BCUT2D eigenvalue weighted by Crippen LogP contribution is -2.41. The number of amides is 1. The van der Waals surface area contributed by atoms with E-state index in [2.05, 4.69) is 0 Å². The van der Waals surface area contributed by atoms with E-state index in [1.807, 2.05) is 11.9 Å². The average Bonchev–Trinajstić information content (AvgIpc) is 2.81. The Labute approximate surface area is 130 Å². The second-order valence-electron chi connectivity index (χ2n) is 6.55. The van der Waals surface area contributed by atoms with Crippen LogP contribution in [0.2, 0.25) is 0 Å². The van der Waals surface area contributed by atoms with Crippen LogP contribution in [-0.4, -0.2) is 53.1 Å². The summed E-state index contributed by atoms with van der Waals surface area (Å²) in [5.74, 6) is 0.126. The molecular weight excluding hydrogens is 283 g/mol. The number of β-amino-alcohol motifs (C(OH)–C–C–N with tert-alkyl or cyclic N) is 1. The number of aliphatic hydroxyl groups is 1. The molecule has 1 saturated carbocycles. The lowest BCUT2D eigenvalue weighted by molar-refractivity contribution is -0.137. The Balaban J connectivity index is 1.59. The van der Waals surface area contributed by atoms with E-state index in [0.717, 1.165) is 24.8 Å². The first-order valence-corrected chi connectivity index (χ1v) is 7.96. The zero-order chi connectivity index (χ0) is 15.7. The monoisotopic (exact) mass is 306 g/mol. The van der Waals surface area contributed by atoms with Crippen molar-refractivity contribution in [2.75, 3.05) is 20.1 Å². The highest BCUT2D eigenvalue weighted by Gasteiger charge is 2.39. The summed E-state index contributed by atoms with van der Waals surface area (Å²) in [7, 11) is 1.94. The minimum atomic E-state index is -0.519. The third kappa shape index (κ3) is 3.15. The SMILES string of the molecule is CN(Cc1ccc(F)cc1)[C@@H]1CN(C(=O)C2CCC2)C[C@H]1O. The first kappa shape index (κ1) is 15.4. The molecule has 1 saturated heterocycles. The van der Waals surface area contributed by atoms with Crippen LogP contribution < -0.4 is 0 Å². The summed E-state index contributed by atoms with van der Waals surface area (Å²) in [4.78, 5) is 16.1. The third-order valence-electron chi connectivity index (χ3n) is 4.94. The number of aliphatic hydroxyl groups excluding tert-OH is 1. The number of likely N-dealkylation sites (N-methyl/N-ethyl adjacent to an activating group) is 1. The van der Waals surface area contributed by atoms with Crippen LogP contribution in [0.3, 0.4) is 0 Å². The third-order valence-corrected chi connectivity index (χ3v) is 4.94. The first-order valence-electron chi connectivity index (χ1n) is 7.96. The summed E-state index contributed by atoms with van der Waals surface area (Å²) in [5.41, 5.74) is 1.000. The molecule has 1 heterocycles. The smallest absolute Gasteiger partial charge is 0.225 e. The number of hydrogen-bond acceptors (Lipinski definition) is 3. The molecule has 1 N–H and O–H groups in total. The van der Waals surface area contributed by atoms with Gasteiger partial charge in [0.25, 0.3) is 0 Å². The number of rotatable bonds is 4. The standard InChI is InChI=1S/C17H23FN2O2/c1-19(9-12-5-7-14(18)8-6-12)15-10-20(11-16(15)21)17(22)13-3-2-4-13/h5-8,13,15-16,21H,2-4,9-11H2,1H3/t15-,16-/m1/s1. The molecule has 2 fully saturated rings. The van der Waals surface area contributed by atoms with Gasteiger partial charge in [0.1, 0.15) is 5.82 Å². The van der Waals surface area contributed by atoms with Gasteiger partial charge in [0.2, 0.25) is 5.91 Å². The van der Waals surface area contributed by atoms with E-state index in [1.165, 1.54) is 12.1 Å². The maximum Gasteiger partial charge on any atom is 0.225 e. The fourth-order valence-corrected chi connectivity index (χ4v) is 3.29. The molecule has 0 bridgehead atoms. The molecule has 1 aliphatic carbocycles. The van der Waals surface area contributed by atoms with Gasteiger partial charge in [0.15, 0.2) is 0 Å². The van der Waals surface area contributed by atoms with Gasteiger partial charge in [0.05, 0.1) is 12.1 Å². The van der Waals surface area contributed by atoms with Crippen LogP contribution in [0, 0.1) is 11.7 Å². The molecule has 1 aliphatic heterocycles. The van der Waals surface area contributed by atoms with E-state index >= 15 is 0 Å². The number of carbonyl (C=O) groups excluding carboxylic acids is 1. The zero-order valence-electron chi connectivity index (χ0n) is 12.9. The predicted octanol–water partition coefficient (Wildman–Crippen LogP) is 1.63. The lowest BCUT2D eigenvalue weighted by atomic mass is 9.84. The summed E-state index contributed by atoms with van der Waals surface area (Å²) in [6.07, 6.45) is 2.60. The Kier molecular flexibility index (Phi) is 4.45. The summed E-state index contributed by atoms with van der Waals surface area (Å²) < 4.78 is 12.9. The number of halogens is 1. The molecule has 5 heteroatoms. The molecule has 22 heavy (non-hydrogen) atoms. The Morgan fingerprint density at radius 2 is 2.00 bits per heavy atom. The molecule has 0 spiro atoms. The molecule has 3 rings (SSSR count). The Morgan fingerprint density at radius 3 is 2.59 bits per heavy atom. The number of carbonyl (C=O) groups is 1. The van der Waals surface area contributed by atoms with Gasteiger partial charge < -0.3 is 10.0 Å². The average molecular weight is 306 g/mol. The molecule has 4 nitrogen and oxygen atoms in total. The maximum absolute atomic E-state index is 12.9. The van der Waals surface area contributed by atoms with Crippen molar-refractivity contribution in [2.45, 2.75) is 38.0 Å². The van der Waals surface area contributed by atoms with Crippen molar-refractivity contribution >= 4 is 5.91 Å². The molecule has 1 amide bonds. The van der Waals surface area contributed by atoms with E-state index in [1.54, 1.807) is 17.0 Å². The van der Waals surface area contributed by atoms with Gasteiger partial charge in [-0.2, -0.15) is 0 Å². The molecule has 0 radical (unpaired) electrons. The summed E-state index contributed by atoms with van der Waals surface area (Å²) in [6, 6.07) is 6.34. The fourth-order valence-electron chi connectivity index (χ4n) is 3.29. The van der Waals surface area contributed by atoms with Gasteiger partial charge in [-0.15, -0.1) is 0 Å². The van der Waals surface area contributed by atoms with Crippen molar-refractivity contribution in [3.8, 4) is 0 Å². The van der Waals surface area contributed by atoms with Crippen molar-refractivity contribution < 1.29 is 14.3 Å². The topological polar surface area (TPSA) is 43.8 Å². The summed E-state index contributed by atoms with van der Waals surface area (Å²) >= 11 is 0. The quantitative estimate of drug-likeness (QED) is 0.919. The molecule has 2 aliphatic rings. The zero-order valence-corrected chi connectivity index (χ0v) is 12.9. The van der Waals surface area contributed by atoms with E-state index < -0.39 is 6.10 Å². The van der Waals surface area contributed by atoms with Crippen LogP contribution in [0.5, 0.6) is 0 Å². The molecule has 1 aromatic carbocycles. The van der Waals surface area contributed by atoms with E-state index in [-0.39, 0.29) is 23.7 Å². The normalized spacial score (nSPS) is 25.5. The Bertz CT molecular complexity index is 530. The Hall–Kier alpha value is -1.46. The molecule has 120 valence electrons. The summed E-state index contributed by atoms with van der Waals surface area (Å²) in [5, 5.41) is 10.3. The van der Waals surface area contributed by atoms with E-state index in [0.29, 0.717) is 19.6 Å². The molecule has 2 atom stereocenters. The fraction of sp³-hybridized carbons (Fsp3) is 0.588. The van der Waals surface area contributed by atoms with Crippen LogP contribution >= 0.6 is 0 Å². The van der Waals surface area contributed by atoms with Crippen molar-refractivity contribution in [3.63, 3.8) is 0 Å². The highest BCUT2D eigenvalue weighted by molar-refractivity contribution is 5.80. The van der Waals surface area contributed by atoms with Crippen LogP contribution in [0.15, 0.2) is 24.3 Å². The Morgan fingerprint density at radius 1 is 1.32 bits per heavy atom. The van der Waals surface area contributed by atoms with Gasteiger partial charge >= 0.3 is 0 Å². The van der Waals surface area contributed by atoms with Crippen LogP contribution in [0.1, 0.15) is 24.8 Å². The molecule has 0 unspecified atom stereocenters. The van der Waals surface area contributed by atoms with Gasteiger partial charge in [-0.05, 0) is 37.6 Å². The van der Waals surface area contributed by atoms with Crippen LogP contribution in [-0.2, 0) is 11.3 Å². The molecule has 0 aromatic heterocycles. The molecule has 1 aromatic rings. The van der Waals surface area contributed by atoms with Crippen molar-refractivity contribution in [1.29, 1.82) is 0 Å². The second kappa shape index (κ2) is 6.34. The first-order chi connectivity index (χ1) is 10.5. The molecular formula is C17H23FN2O2. The minimum Gasteiger partial charge on any atom is -0.390 e. The minimum absolute atomic E-state index is 0.0610. The van der Waals surface area contributed by atoms with E-state index in [9.17, 15) is 14.3 Å². The highest BCUT2D eigenvalue weighted by Crippen LogP contribution is 2.30. The summed E-state index contributed by atoms with van der Waals surface area (Å²) in [6.45, 7) is 1.63. The van der Waals surface area contributed by atoms with Crippen LogP contribution in [0.25, 0.3) is 0 Å². The van der Waals surface area contributed by atoms with Gasteiger partial charge in [-0.25, -0.2) is 4.39 Å². The lowest BCUT2D eigenvalue weighted by Gasteiger charge is -2.30. The van der Waals surface area contributed by atoms with Gasteiger partial charge in [-0.1, -0.05) is 18.6 Å². The number of nitrogens with zero attached hydrogens (tertiary/aromatic N) is 2. The van der Waals surface area contributed by atoms with Crippen molar-refractivity contribution in [2.24, 2.45) is 5.92 Å². The number of hydrogen-bond donors (Lipinski definition) is 1. The number of benzene rings is 1. The predicted molar refractivity (Wildman–Crippen MR) is 81.6 cm³/mol. The largest absolute Gasteiger partial charge is 0.390 e. The van der Waals surface area contributed by atoms with Crippen molar-refractivity contribution in [1.82, 2.24) is 9.80 Å². The van der Waals surface area contributed by atoms with Crippen molar-refractivity contribution in [3.05, 3.63) is 35.6 Å². The highest BCUT2D eigenvalue weighted by atomic mass is 19.1. The van der Waals surface area contributed by atoms with Crippen LogP contribution in [0.4, 0.5) is 4.39 Å². The van der Waals surface area contributed by atoms with Gasteiger partial charge in [0, 0.05) is 25.6 Å². The second-order valence-corrected chi connectivity index (χ2v) is 6.55.